The first-order valence-corrected chi connectivity index (χ1v) is 32.4. The Morgan fingerprint density at radius 1 is 0.284 bits per heavy atom. The van der Waals surface area contributed by atoms with Gasteiger partial charge in [-0.15, -0.1) is 0 Å². The average Bonchev–Trinajstić information content (AvgIpc) is 1.55. The first kappa shape index (κ1) is 53.2. The summed E-state index contributed by atoms with van der Waals surface area (Å²) < 4.78 is 18.0. The molecule has 0 spiro atoms. The molecule has 8 aromatic heterocycles. The van der Waals surface area contributed by atoms with Gasteiger partial charge in [0.15, 0.2) is 11.2 Å². The van der Waals surface area contributed by atoms with Gasteiger partial charge in [-0.1, -0.05) is 226 Å². The molecule has 0 bridgehead atoms. The highest BCUT2D eigenvalue weighted by atomic mass is 16.3. The van der Waals surface area contributed by atoms with E-state index >= 15 is 0 Å². The molecule has 20 aromatic rings. The second-order valence-corrected chi connectivity index (χ2v) is 25.5. The number of benzene rings is 12. The van der Waals surface area contributed by atoms with Crippen molar-refractivity contribution in [3.63, 3.8) is 0 Å². The number of furan rings is 2. The Hall–Kier alpha value is -12.5. The van der Waals surface area contributed by atoms with Crippen LogP contribution in [0.2, 0.25) is 0 Å². The van der Waals surface area contributed by atoms with Gasteiger partial charge in [0, 0.05) is 59.6 Å². The summed E-state index contributed by atoms with van der Waals surface area (Å²) in [6, 6.07) is 102. The molecule has 0 N–H and O–H groups in total. The maximum absolute atomic E-state index is 6.72. The third-order valence-electron chi connectivity index (χ3n) is 20.0. The minimum absolute atomic E-state index is 0.0614. The van der Waals surface area contributed by atoms with Crippen molar-refractivity contribution < 1.29 is 8.83 Å². The summed E-state index contributed by atoms with van der Waals surface area (Å²) in [5, 5.41) is 14.0. The number of nitrogens with zero attached hydrogens (tertiary/aromatic N) is 6. The smallest absolute Gasteiger partial charge is 0.160 e. The predicted molar refractivity (Wildman–Crippen MR) is 391 cm³/mol. The Morgan fingerprint density at radius 3 is 1.22 bits per heavy atom. The lowest BCUT2D eigenvalue weighted by Crippen LogP contribution is -2.14. The number of hydrogen-bond donors (Lipinski definition) is 0. The van der Waals surface area contributed by atoms with Gasteiger partial charge in [-0.25, -0.2) is 19.9 Å². The van der Waals surface area contributed by atoms with Crippen molar-refractivity contribution in [3.05, 3.63) is 302 Å². The lowest BCUT2D eigenvalue weighted by molar-refractivity contribution is 0.660. The third-order valence-corrected chi connectivity index (χ3v) is 20.0. The van der Waals surface area contributed by atoms with E-state index in [1.807, 2.05) is 18.2 Å². The quantitative estimate of drug-likeness (QED) is 0.171. The molecule has 8 heteroatoms. The van der Waals surface area contributed by atoms with Crippen molar-refractivity contribution in [1.82, 2.24) is 29.1 Å². The van der Waals surface area contributed by atoms with E-state index in [1.165, 1.54) is 76.5 Å². The van der Waals surface area contributed by atoms with Crippen molar-refractivity contribution in [2.75, 3.05) is 0 Å². The summed E-state index contributed by atoms with van der Waals surface area (Å²) in [5.41, 5.74) is 22.9. The molecule has 1 aliphatic carbocycles. The van der Waals surface area contributed by atoms with Gasteiger partial charge >= 0.3 is 0 Å². The summed E-state index contributed by atoms with van der Waals surface area (Å²) in [6.45, 7) is 4.63. The Morgan fingerprint density at radius 2 is 0.674 bits per heavy atom. The Labute approximate surface area is 543 Å². The first-order valence-electron chi connectivity index (χ1n) is 32.4. The van der Waals surface area contributed by atoms with Crippen LogP contribution in [0.25, 0.3) is 188 Å². The topological polar surface area (TPSA) is 87.7 Å². The van der Waals surface area contributed by atoms with E-state index in [0.29, 0.717) is 0 Å². The molecule has 0 unspecified atom stereocenters. The normalized spacial score (nSPS) is 12.8. The summed E-state index contributed by atoms with van der Waals surface area (Å²) >= 11 is 0. The highest BCUT2D eigenvalue weighted by Crippen LogP contribution is 2.51. The molecule has 0 amide bonds. The molecule has 0 saturated heterocycles. The van der Waals surface area contributed by atoms with E-state index in [1.54, 1.807) is 0 Å². The summed E-state index contributed by atoms with van der Waals surface area (Å²) in [4.78, 5) is 20.6. The maximum Gasteiger partial charge on any atom is 0.160 e. The fourth-order valence-electron chi connectivity index (χ4n) is 15.6. The van der Waals surface area contributed by atoms with E-state index in [9.17, 15) is 0 Å². The van der Waals surface area contributed by atoms with Crippen molar-refractivity contribution in [1.29, 1.82) is 0 Å². The van der Waals surface area contributed by atoms with E-state index in [-0.39, 0.29) is 5.41 Å². The molecule has 8 heterocycles. The van der Waals surface area contributed by atoms with Gasteiger partial charge in [0.1, 0.15) is 22.8 Å². The van der Waals surface area contributed by atoms with Crippen molar-refractivity contribution in [2.45, 2.75) is 19.3 Å². The fraction of sp³-hybridized carbons (Fsp3) is 0.0345. The summed E-state index contributed by atoms with van der Waals surface area (Å²) in [7, 11) is 0. The number of rotatable bonds is 5. The van der Waals surface area contributed by atoms with Crippen LogP contribution in [0.5, 0.6) is 0 Å². The average molecular weight is 1220 g/mol. The molecule has 0 saturated carbocycles. The molecule has 8 nitrogen and oxygen atoms in total. The second-order valence-electron chi connectivity index (χ2n) is 25.5. The molecule has 0 atom stereocenters. The fourth-order valence-corrected chi connectivity index (χ4v) is 15.6. The molecule has 95 heavy (non-hydrogen) atoms. The molecule has 444 valence electrons. The van der Waals surface area contributed by atoms with Gasteiger partial charge < -0.3 is 8.83 Å². The first-order chi connectivity index (χ1) is 46.9. The van der Waals surface area contributed by atoms with Gasteiger partial charge in [0.05, 0.1) is 55.5 Å². The third kappa shape index (κ3) is 7.89. The van der Waals surface area contributed by atoms with Gasteiger partial charge in [-0.2, -0.15) is 0 Å². The standard InChI is InChI=1S/C45H29N3O.C42H25N3O/c1-45(2)33-16-8-5-11-27(33)28-20-19-26(25-34(28)45)35-21-22-37-36(46-35)23-24-40(47-37)48-38-17-9-6-14-31(38)41-29-12-3-4-13-30(29)42-32-15-7-10-18-39(32)49-44(42)43(41)48;1-2-10-26(11-3-1)27-18-20-28(21-19-27)33-22-23-35-34(43-33)24-25-38(44-35)45-36-16-8-6-14-31(36)39-29-12-4-5-13-30(29)40-32-15-7-9-17-37(32)46-42(40)41(39)45/h3-25H,1-2H3;1-25H. The number of pyridine rings is 4. The van der Waals surface area contributed by atoms with Gasteiger partial charge in [-0.05, 0) is 134 Å². The zero-order valence-corrected chi connectivity index (χ0v) is 51.7. The van der Waals surface area contributed by atoms with Gasteiger partial charge in [-0.3, -0.25) is 9.13 Å². The Balaban J connectivity index is 0.000000131. The van der Waals surface area contributed by atoms with Crippen LogP contribution in [0.1, 0.15) is 25.0 Å². The van der Waals surface area contributed by atoms with Crippen LogP contribution >= 0.6 is 0 Å². The molecule has 0 fully saturated rings. The lowest BCUT2D eigenvalue weighted by atomic mass is 9.82. The molecule has 12 aromatic carbocycles. The van der Waals surface area contributed by atoms with Gasteiger partial charge in [0.25, 0.3) is 0 Å². The Bertz CT molecular complexity index is 6630. The van der Waals surface area contributed by atoms with E-state index in [2.05, 4.69) is 296 Å². The SMILES string of the molecule is CC1(C)c2ccccc2-c2ccc(-c3ccc4nc(-n5c6ccccc6c6c7ccccc7c7c8ccccc8oc7c65)ccc4n3)cc21.c1ccc(-c2ccc(-c3ccc4nc(-n5c6ccccc6c6c7ccccc7c7c8ccccc8oc7c65)ccc4n3)cc2)cc1. The van der Waals surface area contributed by atoms with Crippen LogP contribution in [-0.4, -0.2) is 29.1 Å². The summed E-state index contributed by atoms with van der Waals surface area (Å²) in [6.07, 6.45) is 0. The zero-order valence-electron chi connectivity index (χ0n) is 51.7. The minimum atomic E-state index is -0.0614. The molecule has 1 aliphatic rings. The van der Waals surface area contributed by atoms with Crippen LogP contribution in [0.3, 0.4) is 0 Å². The van der Waals surface area contributed by atoms with Crippen molar-refractivity contribution in [2.24, 2.45) is 0 Å². The van der Waals surface area contributed by atoms with E-state index in [4.69, 9.17) is 28.8 Å². The monoisotopic (exact) mass is 1210 g/mol. The van der Waals surface area contributed by atoms with E-state index in [0.717, 1.165) is 122 Å². The maximum atomic E-state index is 6.72. The number of para-hydroxylation sites is 4. The van der Waals surface area contributed by atoms with Crippen LogP contribution < -0.4 is 0 Å². The Kier molecular flexibility index (Phi) is 11.3. The minimum Gasteiger partial charge on any atom is -0.454 e. The molecular weight excluding hydrogens is 1160 g/mol. The molecule has 0 radical (unpaired) electrons. The number of hydrogen-bond acceptors (Lipinski definition) is 6. The summed E-state index contributed by atoms with van der Waals surface area (Å²) in [5.74, 6) is 1.67. The molecule has 21 rings (SSSR count). The van der Waals surface area contributed by atoms with Crippen LogP contribution in [-0.2, 0) is 5.41 Å². The zero-order chi connectivity index (χ0) is 62.6. The van der Waals surface area contributed by atoms with E-state index < -0.39 is 0 Å². The lowest BCUT2D eigenvalue weighted by Gasteiger charge is -2.21. The highest BCUT2D eigenvalue weighted by molar-refractivity contribution is 6.36. The highest BCUT2D eigenvalue weighted by Gasteiger charge is 2.35. The molecular formula is C87H54N6O2. The van der Waals surface area contributed by atoms with Crippen molar-refractivity contribution >= 4 is 131 Å². The predicted octanol–water partition coefficient (Wildman–Crippen LogP) is 22.9. The largest absolute Gasteiger partial charge is 0.454 e. The van der Waals surface area contributed by atoms with Crippen LogP contribution in [0.4, 0.5) is 0 Å². The number of fused-ring (bicyclic) bond motifs is 25. The van der Waals surface area contributed by atoms with Crippen LogP contribution in [0.15, 0.2) is 300 Å². The van der Waals surface area contributed by atoms with Crippen molar-refractivity contribution in [3.8, 4) is 56.4 Å². The van der Waals surface area contributed by atoms with Crippen LogP contribution in [0, 0.1) is 0 Å². The second kappa shape index (κ2) is 20.2. The number of aromatic nitrogens is 6. The van der Waals surface area contributed by atoms with Gasteiger partial charge in [0.2, 0.25) is 0 Å². The molecule has 0 aliphatic heterocycles.